The van der Waals surface area contributed by atoms with Crippen molar-refractivity contribution >= 4 is 41.4 Å². The van der Waals surface area contributed by atoms with E-state index in [-0.39, 0.29) is 49.4 Å². The van der Waals surface area contributed by atoms with E-state index in [9.17, 15) is 29.1 Å². The van der Waals surface area contributed by atoms with Crippen molar-refractivity contribution in [3.8, 4) is 11.4 Å². The minimum Gasteiger partial charge on any atom is -0.458 e. The van der Waals surface area contributed by atoms with E-state index in [4.69, 9.17) is 28.8 Å². The van der Waals surface area contributed by atoms with Crippen molar-refractivity contribution in [1.29, 1.82) is 0 Å². The van der Waals surface area contributed by atoms with E-state index in [1.165, 1.54) is 0 Å². The molecule has 0 saturated heterocycles. The Labute approximate surface area is 362 Å². The zero-order valence-electron chi connectivity index (χ0n) is 37.7. The maximum Gasteiger partial charge on any atom is 0.410 e. The predicted octanol–water partition coefficient (Wildman–Crippen LogP) is 6.60. The number of cyclic esters (lactones) is 1. The number of fused-ring (bicyclic) bond motifs is 5. The van der Waals surface area contributed by atoms with Gasteiger partial charge in [-0.15, -0.1) is 0 Å². The Morgan fingerprint density at radius 3 is 2.10 bits per heavy atom. The average Bonchev–Trinajstić information content (AvgIpc) is 3.53. The standard InChI is InChI=1S/C45H62N6O11/c1-11-45(57)33-25-35-36-31(27-51(35)37(52)32(33)28-58-38(45)53)30(29-17-12-13-18-34(29)48-36)26-47-59-24-23-50(41(56)62-44(8,9)10)21-15-14-20-49(40(55)61-43(5,6)7)22-16-19-46-39(54)60-42(2,3)4/h12-13,17-18,25-26,57H,11,14-16,19-24,27-28H2,1-10H3,(H,46,54)/b47-26+/t45-/m0/s1. The maximum absolute atomic E-state index is 13.8. The van der Waals surface area contributed by atoms with Crippen molar-refractivity contribution < 1.29 is 48.1 Å². The number of oxime groups is 1. The Morgan fingerprint density at radius 1 is 0.887 bits per heavy atom. The number of carbonyl (C=O) groups is 4. The number of hydrogen-bond donors (Lipinski definition) is 2. The third kappa shape index (κ3) is 11.8. The normalized spacial score (nSPS) is 16.0. The van der Waals surface area contributed by atoms with Gasteiger partial charge in [-0.05, 0) is 100 Å². The number of aliphatic hydroxyl groups is 1. The Balaban J connectivity index is 1.26. The molecule has 2 aliphatic rings. The van der Waals surface area contributed by atoms with Crippen molar-refractivity contribution in [2.24, 2.45) is 5.16 Å². The van der Waals surface area contributed by atoms with E-state index in [0.717, 1.165) is 10.9 Å². The van der Waals surface area contributed by atoms with E-state index >= 15 is 0 Å². The van der Waals surface area contributed by atoms with Gasteiger partial charge in [-0.25, -0.2) is 24.2 Å². The van der Waals surface area contributed by atoms with Crippen LogP contribution in [-0.2, 0) is 47.3 Å². The number of ether oxygens (including phenoxy) is 4. The SMILES string of the molecule is CC[C@@]1(O)C(=O)OCc2c1cc1n(c2=O)Cc2c-1nc1ccccc1c2/C=N/OCCN(CCCCN(CCCNC(=O)OC(C)(C)C)C(=O)OC(C)(C)C)C(=O)OC(C)(C)C. The van der Waals surface area contributed by atoms with E-state index in [1.54, 1.807) is 95.9 Å². The molecular formula is C45H62N6O11. The van der Waals surface area contributed by atoms with Gasteiger partial charge in [-0.2, -0.15) is 0 Å². The molecule has 2 N–H and O–H groups in total. The number of unbranched alkanes of at least 4 members (excludes halogenated alkanes) is 1. The van der Waals surface area contributed by atoms with Gasteiger partial charge in [0.25, 0.3) is 5.56 Å². The van der Waals surface area contributed by atoms with Crippen LogP contribution in [-0.4, -0.2) is 111 Å². The van der Waals surface area contributed by atoms with Crippen LogP contribution in [0.4, 0.5) is 14.4 Å². The lowest BCUT2D eigenvalue weighted by Gasteiger charge is -2.31. The summed E-state index contributed by atoms with van der Waals surface area (Å²) in [7, 11) is 0. The molecule has 2 aromatic heterocycles. The molecule has 0 saturated carbocycles. The fourth-order valence-corrected chi connectivity index (χ4v) is 7.12. The van der Waals surface area contributed by atoms with Crippen molar-refractivity contribution in [3.05, 3.63) is 62.9 Å². The Kier molecular flexibility index (Phi) is 14.6. The first-order valence-electron chi connectivity index (χ1n) is 21.2. The molecule has 1 aromatic carbocycles. The van der Waals surface area contributed by atoms with Gasteiger partial charge >= 0.3 is 24.2 Å². The molecular weight excluding hydrogens is 801 g/mol. The molecule has 1 atom stereocenters. The van der Waals surface area contributed by atoms with Crippen LogP contribution in [0.15, 0.2) is 40.3 Å². The van der Waals surface area contributed by atoms with Gasteiger partial charge in [0.2, 0.25) is 0 Å². The molecule has 62 heavy (non-hydrogen) atoms. The van der Waals surface area contributed by atoms with Crippen LogP contribution < -0.4 is 10.9 Å². The third-order valence-corrected chi connectivity index (χ3v) is 10.0. The number of nitrogens with one attached hydrogen (secondary N) is 1. The second kappa shape index (κ2) is 19.1. The highest BCUT2D eigenvalue weighted by molar-refractivity contribution is 6.02. The molecule has 4 heterocycles. The fraction of sp³-hybridized carbons (Fsp3) is 0.578. The minimum atomic E-state index is -1.95. The lowest BCUT2D eigenvalue weighted by Crippen LogP contribution is -2.44. The summed E-state index contributed by atoms with van der Waals surface area (Å²) >= 11 is 0. The van der Waals surface area contributed by atoms with Gasteiger partial charge < -0.3 is 48.6 Å². The second-order valence-corrected chi connectivity index (χ2v) is 18.5. The summed E-state index contributed by atoms with van der Waals surface area (Å²) in [5, 5.41) is 19.1. The van der Waals surface area contributed by atoms with Crippen molar-refractivity contribution in [2.75, 3.05) is 39.3 Å². The quantitative estimate of drug-likeness (QED) is 0.0427. The molecule has 17 heteroatoms. The van der Waals surface area contributed by atoms with E-state index < -0.39 is 46.7 Å². The number of pyridine rings is 2. The zero-order chi connectivity index (χ0) is 45.6. The van der Waals surface area contributed by atoms with Crippen LogP contribution in [0.25, 0.3) is 22.3 Å². The number of para-hydroxylation sites is 1. The number of carbonyl (C=O) groups excluding carboxylic acids is 4. The summed E-state index contributed by atoms with van der Waals surface area (Å²) in [6.07, 6.45) is 1.64. The van der Waals surface area contributed by atoms with Gasteiger partial charge in [-0.3, -0.25) is 4.79 Å². The summed E-state index contributed by atoms with van der Waals surface area (Å²) < 4.78 is 23.4. The van der Waals surface area contributed by atoms with Gasteiger partial charge in [0.15, 0.2) is 5.60 Å². The van der Waals surface area contributed by atoms with Crippen LogP contribution >= 0.6 is 0 Å². The molecule has 0 unspecified atom stereocenters. The summed E-state index contributed by atoms with van der Waals surface area (Å²) in [5.74, 6) is -0.792. The molecule has 0 fully saturated rings. The van der Waals surface area contributed by atoms with Crippen molar-refractivity contribution in [1.82, 2.24) is 24.7 Å². The zero-order valence-corrected chi connectivity index (χ0v) is 37.7. The fourth-order valence-electron chi connectivity index (χ4n) is 7.12. The number of hydrogen-bond acceptors (Lipinski definition) is 13. The largest absolute Gasteiger partial charge is 0.458 e. The highest BCUT2D eigenvalue weighted by atomic mass is 16.6. The molecule has 338 valence electrons. The molecule has 0 radical (unpaired) electrons. The van der Waals surface area contributed by atoms with Crippen LogP contribution in [0.2, 0.25) is 0 Å². The molecule has 3 aromatic rings. The summed E-state index contributed by atoms with van der Waals surface area (Å²) in [4.78, 5) is 78.8. The number of benzene rings is 1. The molecule has 5 rings (SSSR count). The predicted molar refractivity (Wildman–Crippen MR) is 232 cm³/mol. The number of esters is 1. The van der Waals surface area contributed by atoms with Crippen molar-refractivity contribution in [3.63, 3.8) is 0 Å². The summed E-state index contributed by atoms with van der Waals surface area (Å²) in [6.45, 7) is 19.2. The highest BCUT2D eigenvalue weighted by Gasteiger charge is 2.45. The first kappa shape index (κ1) is 47.3. The van der Waals surface area contributed by atoms with Crippen LogP contribution in [0.5, 0.6) is 0 Å². The summed E-state index contributed by atoms with van der Waals surface area (Å²) in [6, 6.07) is 9.15. The van der Waals surface area contributed by atoms with Crippen LogP contribution in [0.1, 0.15) is 117 Å². The van der Waals surface area contributed by atoms with E-state index in [1.807, 2.05) is 24.3 Å². The maximum atomic E-state index is 13.8. The molecule has 3 amide bonds. The molecule has 0 aliphatic carbocycles. The Morgan fingerprint density at radius 2 is 1.48 bits per heavy atom. The first-order valence-corrected chi connectivity index (χ1v) is 21.2. The summed E-state index contributed by atoms with van der Waals surface area (Å²) in [5.41, 5.74) is -0.864. The second-order valence-electron chi connectivity index (χ2n) is 18.5. The monoisotopic (exact) mass is 862 g/mol. The molecule has 2 aliphatic heterocycles. The average molecular weight is 863 g/mol. The number of aromatic nitrogens is 2. The number of amides is 3. The van der Waals surface area contributed by atoms with Crippen molar-refractivity contribution in [2.45, 2.75) is 130 Å². The smallest absolute Gasteiger partial charge is 0.410 e. The molecule has 0 spiro atoms. The number of alkyl carbamates (subject to hydrolysis) is 1. The number of rotatable bonds is 15. The van der Waals surface area contributed by atoms with E-state index in [2.05, 4.69) is 10.5 Å². The number of nitrogens with zero attached hydrogens (tertiary/aromatic N) is 5. The van der Waals surface area contributed by atoms with Gasteiger partial charge in [-0.1, -0.05) is 30.3 Å². The van der Waals surface area contributed by atoms with Gasteiger partial charge in [0.05, 0.1) is 41.8 Å². The molecule has 17 nitrogen and oxygen atoms in total. The van der Waals surface area contributed by atoms with E-state index in [0.29, 0.717) is 67.9 Å². The molecule has 0 bridgehead atoms. The first-order chi connectivity index (χ1) is 29.0. The topological polar surface area (TPSA) is 200 Å². The Hall–Kier alpha value is -5.71. The Bertz CT molecular complexity index is 2230. The third-order valence-electron chi connectivity index (χ3n) is 10.0. The van der Waals surface area contributed by atoms with Gasteiger partial charge in [0.1, 0.15) is 30.0 Å². The highest BCUT2D eigenvalue weighted by Crippen LogP contribution is 2.40. The van der Waals surface area contributed by atoms with Gasteiger partial charge in [0, 0.05) is 48.3 Å². The minimum absolute atomic E-state index is 0.0328. The lowest BCUT2D eigenvalue weighted by atomic mass is 9.86. The van der Waals surface area contributed by atoms with Crippen LogP contribution in [0.3, 0.4) is 0 Å². The lowest BCUT2D eigenvalue weighted by molar-refractivity contribution is -0.172. The van der Waals surface area contributed by atoms with Crippen LogP contribution in [0, 0.1) is 0 Å².